The molecule has 0 bridgehead atoms. The first-order valence-corrected chi connectivity index (χ1v) is 7.17. The first-order valence-electron chi connectivity index (χ1n) is 7.17. The smallest absolute Gasteiger partial charge is 0.318 e. The Morgan fingerprint density at radius 3 is 2.27 bits per heavy atom. The van der Waals surface area contributed by atoms with Gasteiger partial charge in [0, 0.05) is 19.4 Å². The molecular formula is C17H20FN3O. The Morgan fingerprint density at radius 2 is 1.68 bits per heavy atom. The van der Waals surface area contributed by atoms with Crippen molar-refractivity contribution in [2.24, 2.45) is 0 Å². The van der Waals surface area contributed by atoms with E-state index in [2.05, 4.69) is 10.3 Å². The highest BCUT2D eigenvalue weighted by Gasteiger charge is 2.19. The summed E-state index contributed by atoms with van der Waals surface area (Å²) in [7, 11) is 1.72. The lowest BCUT2D eigenvalue weighted by Gasteiger charge is -2.27. The number of carbonyl (C=O) groups excluding carboxylic acids is 1. The first kappa shape index (κ1) is 15.9. The summed E-state index contributed by atoms with van der Waals surface area (Å²) >= 11 is 0. The van der Waals surface area contributed by atoms with E-state index >= 15 is 0 Å². The molecular weight excluding hydrogens is 281 g/mol. The van der Waals surface area contributed by atoms with Gasteiger partial charge in [0.05, 0.1) is 12.1 Å². The molecule has 0 aliphatic rings. The number of hydrogen-bond acceptors (Lipinski definition) is 2. The van der Waals surface area contributed by atoms with Gasteiger partial charge in [-0.15, -0.1) is 0 Å². The molecule has 0 fully saturated rings. The molecule has 2 aromatic rings. The van der Waals surface area contributed by atoms with Crippen LogP contribution < -0.4 is 5.32 Å². The molecule has 1 N–H and O–H groups in total. The zero-order valence-electron chi connectivity index (χ0n) is 13.0. The van der Waals surface area contributed by atoms with Gasteiger partial charge in [-0.25, -0.2) is 9.18 Å². The van der Waals surface area contributed by atoms with E-state index in [1.54, 1.807) is 36.5 Å². The highest BCUT2D eigenvalue weighted by Crippen LogP contribution is 2.20. The largest absolute Gasteiger partial charge is 0.331 e. The molecule has 0 aliphatic heterocycles. The lowest BCUT2D eigenvalue weighted by molar-refractivity contribution is 0.191. The summed E-state index contributed by atoms with van der Waals surface area (Å²) in [6.45, 7) is 3.83. The number of aromatic nitrogens is 1. The van der Waals surface area contributed by atoms with Crippen LogP contribution in [-0.2, 0) is 0 Å². The minimum Gasteiger partial charge on any atom is -0.331 e. The third-order valence-electron chi connectivity index (χ3n) is 3.80. The average molecular weight is 301 g/mol. The summed E-state index contributed by atoms with van der Waals surface area (Å²) in [4.78, 5) is 17.9. The van der Waals surface area contributed by atoms with Gasteiger partial charge in [0.1, 0.15) is 5.82 Å². The molecule has 0 saturated carbocycles. The van der Waals surface area contributed by atoms with Gasteiger partial charge < -0.3 is 10.2 Å². The molecule has 22 heavy (non-hydrogen) atoms. The molecule has 1 heterocycles. The molecule has 0 saturated heterocycles. The van der Waals surface area contributed by atoms with Crippen molar-refractivity contribution >= 4 is 6.03 Å². The van der Waals surface area contributed by atoms with Crippen LogP contribution in [0.15, 0.2) is 48.8 Å². The fourth-order valence-electron chi connectivity index (χ4n) is 2.16. The van der Waals surface area contributed by atoms with Gasteiger partial charge in [-0.1, -0.05) is 12.1 Å². The van der Waals surface area contributed by atoms with Gasteiger partial charge in [0.25, 0.3) is 0 Å². The van der Waals surface area contributed by atoms with Crippen molar-refractivity contribution in [3.05, 3.63) is 65.7 Å². The van der Waals surface area contributed by atoms with E-state index in [4.69, 9.17) is 0 Å². The zero-order chi connectivity index (χ0) is 16.1. The molecule has 5 heteroatoms. The average Bonchev–Trinajstić information content (AvgIpc) is 2.55. The van der Waals surface area contributed by atoms with Crippen molar-refractivity contribution in [3.8, 4) is 0 Å². The number of rotatable bonds is 4. The van der Waals surface area contributed by atoms with Crippen LogP contribution in [0, 0.1) is 5.82 Å². The second-order valence-electron chi connectivity index (χ2n) is 5.29. The van der Waals surface area contributed by atoms with E-state index in [0.717, 1.165) is 11.1 Å². The van der Waals surface area contributed by atoms with Crippen molar-refractivity contribution in [2.45, 2.75) is 25.9 Å². The highest BCUT2D eigenvalue weighted by atomic mass is 19.1. The Morgan fingerprint density at radius 1 is 1.09 bits per heavy atom. The molecule has 2 amide bonds. The number of carbonyl (C=O) groups is 1. The van der Waals surface area contributed by atoms with Crippen LogP contribution >= 0.6 is 0 Å². The maximum absolute atomic E-state index is 13.0. The lowest BCUT2D eigenvalue weighted by Crippen LogP contribution is -2.39. The number of nitrogens with zero attached hydrogens (tertiary/aromatic N) is 2. The van der Waals surface area contributed by atoms with Gasteiger partial charge in [-0.3, -0.25) is 4.98 Å². The Kier molecular flexibility index (Phi) is 5.09. The van der Waals surface area contributed by atoms with E-state index in [1.807, 2.05) is 26.0 Å². The number of nitrogens with one attached hydrogen (secondary N) is 1. The fraction of sp³-hybridized carbons (Fsp3) is 0.294. The number of pyridine rings is 1. The first-order chi connectivity index (χ1) is 10.5. The maximum Gasteiger partial charge on any atom is 0.318 e. The predicted molar refractivity (Wildman–Crippen MR) is 83.8 cm³/mol. The van der Waals surface area contributed by atoms with Crippen LogP contribution in [0.1, 0.15) is 37.1 Å². The Bertz CT molecular complexity index is 616. The summed E-state index contributed by atoms with van der Waals surface area (Å²) < 4.78 is 13.0. The van der Waals surface area contributed by atoms with Gasteiger partial charge >= 0.3 is 6.03 Å². The fourth-order valence-corrected chi connectivity index (χ4v) is 2.16. The number of amides is 2. The van der Waals surface area contributed by atoms with E-state index in [-0.39, 0.29) is 23.9 Å². The Balaban J connectivity index is 2.01. The van der Waals surface area contributed by atoms with Gasteiger partial charge in [0.15, 0.2) is 0 Å². The highest BCUT2D eigenvalue weighted by molar-refractivity contribution is 5.75. The lowest BCUT2D eigenvalue weighted by atomic mass is 10.1. The van der Waals surface area contributed by atoms with Crippen LogP contribution in [0.4, 0.5) is 9.18 Å². The molecule has 2 unspecified atom stereocenters. The van der Waals surface area contributed by atoms with E-state index in [9.17, 15) is 9.18 Å². The zero-order valence-corrected chi connectivity index (χ0v) is 13.0. The number of benzene rings is 1. The molecule has 2 atom stereocenters. The third-order valence-corrected chi connectivity index (χ3v) is 3.80. The number of urea groups is 1. The van der Waals surface area contributed by atoms with Crippen LogP contribution in [0.5, 0.6) is 0 Å². The van der Waals surface area contributed by atoms with Crippen LogP contribution in [0.25, 0.3) is 0 Å². The number of halogens is 1. The molecule has 1 aromatic carbocycles. The summed E-state index contributed by atoms with van der Waals surface area (Å²) in [6.07, 6.45) is 3.39. The maximum atomic E-state index is 13.0. The second kappa shape index (κ2) is 7.02. The normalized spacial score (nSPS) is 13.3. The Labute approximate surface area is 130 Å². The molecule has 1 aromatic heterocycles. The van der Waals surface area contributed by atoms with Crippen molar-refractivity contribution in [1.82, 2.24) is 15.2 Å². The monoisotopic (exact) mass is 301 g/mol. The summed E-state index contributed by atoms with van der Waals surface area (Å²) in [6, 6.07) is 9.48. The number of hydrogen-bond donors (Lipinski definition) is 1. The molecule has 4 nitrogen and oxygen atoms in total. The predicted octanol–water partition coefficient (Wildman–Crippen LogP) is 3.68. The topological polar surface area (TPSA) is 45.2 Å². The standard InChI is InChI=1S/C17H20FN3O/c1-12(14-8-10-19-11-9-14)20-17(22)21(3)13(2)15-4-6-16(18)7-5-15/h4-13H,1-3H3,(H,20,22). The van der Waals surface area contributed by atoms with Gasteiger partial charge in [-0.05, 0) is 49.2 Å². The van der Waals surface area contributed by atoms with Gasteiger partial charge in [0.2, 0.25) is 0 Å². The SMILES string of the molecule is CC(NC(=O)N(C)C(C)c1ccc(F)cc1)c1ccncc1. The summed E-state index contributed by atoms with van der Waals surface area (Å²) in [5, 5.41) is 2.94. The second-order valence-corrected chi connectivity index (χ2v) is 5.29. The van der Waals surface area contributed by atoms with E-state index < -0.39 is 0 Å². The summed E-state index contributed by atoms with van der Waals surface area (Å²) in [5.41, 5.74) is 1.88. The van der Waals surface area contributed by atoms with Crippen molar-refractivity contribution in [2.75, 3.05) is 7.05 Å². The summed E-state index contributed by atoms with van der Waals surface area (Å²) in [5.74, 6) is -0.283. The van der Waals surface area contributed by atoms with Crippen molar-refractivity contribution in [3.63, 3.8) is 0 Å². The molecule has 0 aliphatic carbocycles. The minimum absolute atomic E-state index is 0.113. The van der Waals surface area contributed by atoms with Crippen LogP contribution in [0.3, 0.4) is 0 Å². The molecule has 2 rings (SSSR count). The van der Waals surface area contributed by atoms with Crippen LogP contribution in [-0.4, -0.2) is 23.0 Å². The molecule has 116 valence electrons. The Hall–Kier alpha value is -2.43. The minimum atomic E-state index is -0.283. The van der Waals surface area contributed by atoms with E-state index in [0.29, 0.717) is 0 Å². The quantitative estimate of drug-likeness (QED) is 0.936. The van der Waals surface area contributed by atoms with E-state index in [1.165, 1.54) is 12.1 Å². The third kappa shape index (κ3) is 3.81. The molecule has 0 spiro atoms. The molecule has 0 radical (unpaired) electrons. The van der Waals surface area contributed by atoms with Crippen molar-refractivity contribution in [1.29, 1.82) is 0 Å². The van der Waals surface area contributed by atoms with Crippen LogP contribution in [0.2, 0.25) is 0 Å². The van der Waals surface area contributed by atoms with Gasteiger partial charge in [-0.2, -0.15) is 0 Å². The van der Waals surface area contributed by atoms with Crippen molar-refractivity contribution < 1.29 is 9.18 Å².